The minimum absolute atomic E-state index is 0.131. The van der Waals surface area contributed by atoms with Crippen molar-refractivity contribution >= 4 is 21.6 Å². The summed E-state index contributed by atoms with van der Waals surface area (Å²) < 4.78 is 28.9. The number of nitrogens with zero attached hydrogens (tertiary/aromatic N) is 3. The van der Waals surface area contributed by atoms with Crippen LogP contribution in [-0.4, -0.2) is 23.2 Å². The Kier molecular flexibility index (Phi) is 4.66. The van der Waals surface area contributed by atoms with E-state index in [0.29, 0.717) is 5.02 Å². The van der Waals surface area contributed by atoms with E-state index in [1.54, 1.807) is 35.4 Å². The van der Waals surface area contributed by atoms with Crippen LogP contribution in [-0.2, 0) is 23.6 Å². The lowest BCUT2D eigenvalue weighted by atomic mass is 10.1. The molecule has 0 aliphatic rings. The van der Waals surface area contributed by atoms with Gasteiger partial charge >= 0.3 is 0 Å². The molecule has 24 heavy (non-hydrogen) atoms. The van der Waals surface area contributed by atoms with E-state index in [0.717, 1.165) is 16.7 Å². The van der Waals surface area contributed by atoms with E-state index < -0.39 is 10.0 Å². The summed E-state index contributed by atoms with van der Waals surface area (Å²) >= 11 is 5.85. The molecule has 0 amide bonds. The Morgan fingerprint density at radius 3 is 2.71 bits per heavy atom. The van der Waals surface area contributed by atoms with Gasteiger partial charge in [0.1, 0.15) is 0 Å². The lowest BCUT2D eigenvalue weighted by Gasteiger charge is -2.08. The Labute approximate surface area is 145 Å². The first-order chi connectivity index (χ1) is 11.4. The topological polar surface area (TPSA) is 76.9 Å². The molecule has 0 radical (unpaired) electrons. The van der Waals surface area contributed by atoms with E-state index in [2.05, 4.69) is 14.8 Å². The zero-order valence-electron chi connectivity index (χ0n) is 12.8. The number of rotatable bonds is 5. The van der Waals surface area contributed by atoms with Crippen LogP contribution in [0.5, 0.6) is 0 Å². The SMILES string of the molecule is Cn1cc(-c2cncc(CNS(=O)(=O)c3cccc(Cl)c3)c2)cn1. The highest BCUT2D eigenvalue weighted by Gasteiger charge is 2.14. The van der Waals surface area contributed by atoms with Crippen LogP contribution in [0.4, 0.5) is 0 Å². The van der Waals surface area contributed by atoms with Crippen LogP contribution in [0.1, 0.15) is 5.56 Å². The van der Waals surface area contributed by atoms with E-state index in [9.17, 15) is 8.42 Å². The molecule has 0 fully saturated rings. The average Bonchev–Trinajstić information content (AvgIpc) is 3.00. The van der Waals surface area contributed by atoms with E-state index in [-0.39, 0.29) is 11.4 Å². The second-order valence-corrected chi connectivity index (χ2v) is 7.47. The lowest BCUT2D eigenvalue weighted by Crippen LogP contribution is -2.23. The molecule has 0 unspecified atom stereocenters. The predicted octanol–water partition coefficient (Wildman–Crippen LogP) is 2.61. The number of hydrogen-bond acceptors (Lipinski definition) is 4. The summed E-state index contributed by atoms with van der Waals surface area (Å²) in [5.74, 6) is 0. The fraction of sp³-hybridized carbons (Fsp3) is 0.125. The number of aryl methyl sites for hydroxylation is 1. The maximum Gasteiger partial charge on any atom is 0.240 e. The number of aromatic nitrogens is 3. The van der Waals surface area contributed by atoms with Crippen LogP contribution in [0.15, 0.2) is 60.0 Å². The van der Waals surface area contributed by atoms with Gasteiger partial charge < -0.3 is 0 Å². The normalized spacial score (nSPS) is 11.6. The van der Waals surface area contributed by atoms with Gasteiger partial charge in [0.25, 0.3) is 0 Å². The van der Waals surface area contributed by atoms with Crippen molar-refractivity contribution in [3.63, 3.8) is 0 Å². The van der Waals surface area contributed by atoms with Gasteiger partial charge in [0, 0.05) is 48.3 Å². The molecular formula is C16H15ClN4O2S. The fourth-order valence-electron chi connectivity index (χ4n) is 2.21. The highest BCUT2D eigenvalue weighted by Crippen LogP contribution is 2.19. The van der Waals surface area contributed by atoms with Crippen LogP contribution in [0, 0.1) is 0 Å². The molecule has 3 rings (SSSR count). The molecule has 2 heterocycles. The quantitative estimate of drug-likeness (QED) is 0.756. The summed E-state index contributed by atoms with van der Waals surface area (Å²) in [4.78, 5) is 4.30. The molecule has 124 valence electrons. The molecule has 0 saturated carbocycles. The van der Waals surface area contributed by atoms with Crippen LogP contribution < -0.4 is 4.72 Å². The smallest absolute Gasteiger partial charge is 0.240 e. The van der Waals surface area contributed by atoms with Crippen LogP contribution in [0.3, 0.4) is 0 Å². The second-order valence-electron chi connectivity index (χ2n) is 5.27. The Morgan fingerprint density at radius 1 is 1.17 bits per heavy atom. The Hall–Kier alpha value is -2.22. The number of pyridine rings is 1. The molecule has 6 nitrogen and oxygen atoms in total. The second kappa shape index (κ2) is 6.72. The Bertz CT molecular complexity index is 969. The number of sulfonamides is 1. The monoisotopic (exact) mass is 362 g/mol. The molecule has 0 saturated heterocycles. The highest BCUT2D eigenvalue weighted by atomic mass is 35.5. The third-order valence-electron chi connectivity index (χ3n) is 3.41. The van der Waals surface area contributed by atoms with E-state index in [4.69, 9.17) is 11.6 Å². The lowest BCUT2D eigenvalue weighted by molar-refractivity contribution is 0.581. The molecule has 0 atom stereocenters. The molecular weight excluding hydrogens is 348 g/mol. The van der Waals surface area contributed by atoms with Crippen LogP contribution in [0.2, 0.25) is 5.02 Å². The molecule has 2 aromatic heterocycles. The standard InChI is InChI=1S/C16H15ClN4O2S/c1-21-11-14(10-19-21)13-5-12(7-18-9-13)8-20-24(22,23)16-4-2-3-15(17)6-16/h2-7,9-11,20H,8H2,1H3. The summed E-state index contributed by atoms with van der Waals surface area (Å²) in [5, 5.41) is 4.49. The highest BCUT2D eigenvalue weighted by molar-refractivity contribution is 7.89. The van der Waals surface area contributed by atoms with Crippen molar-refractivity contribution in [2.24, 2.45) is 7.05 Å². The van der Waals surface area contributed by atoms with E-state index in [1.807, 2.05) is 19.3 Å². The average molecular weight is 363 g/mol. The third-order valence-corrected chi connectivity index (χ3v) is 5.04. The fourth-order valence-corrected chi connectivity index (χ4v) is 3.53. The first kappa shape index (κ1) is 16.6. The Balaban J connectivity index is 1.77. The van der Waals surface area contributed by atoms with Gasteiger partial charge in [-0.1, -0.05) is 17.7 Å². The summed E-state index contributed by atoms with van der Waals surface area (Å²) in [6.07, 6.45) is 6.94. The summed E-state index contributed by atoms with van der Waals surface area (Å²) in [6.45, 7) is 0.135. The van der Waals surface area contributed by atoms with Crippen LogP contribution in [0.25, 0.3) is 11.1 Å². The zero-order valence-corrected chi connectivity index (χ0v) is 14.4. The van der Waals surface area contributed by atoms with Gasteiger partial charge in [-0.3, -0.25) is 9.67 Å². The van der Waals surface area contributed by atoms with Crippen molar-refractivity contribution < 1.29 is 8.42 Å². The summed E-state index contributed by atoms with van der Waals surface area (Å²) in [6, 6.07) is 8.01. The van der Waals surface area contributed by atoms with Crippen LogP contribution >= 0.6 is 11.6 Å². The predicted molar refractivity (Wildman–Crippen MR) is 91.9 cm³/mol. The molecule has 0 bridgehead atoms. The molecule has 0 spiro atoms. The number of hydrogen-bond donors (Lipinski definition) is 1. The summed E-state index contributed by atoms with van der Waals surface area (Å²) in [5.41, 5.74) is 2.55. The number of benzene rings is 1. The Morgan fingerprint density at radius 2 is 2.00 bits per heavy atom. The maximum atomic E-state index is 12.3. The van der Waals surface area contributed by atoms with Crippen molar-refractivity contribution in [2.75, 3.05) is 0 Å². The van der Waals surface area contributed by atoms with Crippen molar-refractivity contribution in [1.29, 1.82) is 0 Å². The van der Waals surface area contributed by atoms with Crippen molar-refractivity contribution in [2.45, 2.75) is 11.4 Å². The maximum absolute atomic E-state index is 12.3. The van der Waals surface area contributed by atoms with Gasteiger partial charge in [0.2, 0.25) is 10.0 Å². The van der Waals surface area contributed by atoms with E-state index >= 15 is 0 Å². The van der Waals surface area contributed by atoms with Gasteiger partial charge in [0.05, 0.1) is 11.1 Å². The van der Waals surface area contributed by atoms with Gasteiger partial charge in [-0.25, -0.2) is 13.1 Å². The first-order valence-corrected chi connectivity index (χ1v) is 8.98. The molecule has 3 aromatic rings. The minimum Gasteiger partial charge on any atom is -0.275 e. The number of halogens is 1. The van der Waals surface area contributed by atoms with Gasteiger partial charge in [-0.2, -0.15) is 5.10 Å². The molecule has 1 aromatic carbocycles. The number of nitrogens with one attached hydrogen (secondary N) is 1. The van der Waals surface area contributed by atoms with Gasteiger partial charge in [-0.15, -0.1) is 0 Å². The molecule has 0 aliphatic heterocycles. The summed E-state index contributed by atoms with van der Waals surface area (Å²) in [7, 11) is -1.80. The zero-order chi connectivity index (χ0) is 17.2. The molecule has 0 aliphatic carbocycles. The third kappa shape index (κ3) is 3.81. The first-order valence-electron chi connectivity index (χ1n) is 7.12. The molecule has 8 heteroatoms. The van der Waals surface area contributed by atoms with Gasteiger partial charge in [0.15, 0.2) is 0 Å². The minimum atomic E-state index is -3.63. The largest absolute Gasteiger partial charge is 0.275 e. The van der Waals surface area contributed by atoms with Crippen molar-refractivity contribution in [3.05, 3.63) is 65.7 Å². The van der Waals surface area contributed by atoms with E-state index in [1.165, 1.54) is 12.1 Å². The van der Waals surface area contributed by atoms with Gasteiger partial charge in [-0.05, 0) is 29.8 Å². The molecule has 1 N–H and O–H groups in total. The van der Waals surface area contributed by atoms with Crippen molar-refractivity contribution in [1.82, 2.24) is 19.5 Å². The van der Waals surface area contributed by atoms with Crippen molar-refractivity contribution in [3.8, 4) is 11.1 Å².